The summed E-state index contributed by atoms with van der Waals surface area (Å²) in [6.07, 6.45) is -1.43. The quantitative estimate of drug-likeness (QED) is 0.243. The van der Waals surface area contributed by atoms with Crippen LogP contribution in [0.25, 0.3) is 0 Å². The number of esters is 1. The number of alkyl halides is 3. The van der Waals surface area contributed by atoms with Gasteiger partial charge in [-0.05, 0) is 71.8 Å². The molecular weight excluding hydrogens is 477 g/mol. The maximum absolute atomic E-state index is 12.8. The zero-order valence-corrected chi connectivity index (χ0v) is 20.0. The Morgan fingerprint density at radius 2 is 1.66 bits per heavy atom. The zero-order chi connectivity index (χ0) is 24.8. The minimum absolute atomic E-state index is 0.110. The van der Waals surface area contributed by atoms with Crippen LogP contribution in [0.5, 0.6) is 11.5 Å². The second kappa shape index (κ2) is 11.1. The van der Waals surface area contributed by atoms with Gasteiger partial charge >= 0.3 is 12.1 Å². The molecule has 1 aliphatic rings. The number of halogens is 3. The minimum Gasteiger partial charge on any atom is -0.488 e. The van der Waals surface area contributed by atoms with Gasteiger partial charge in [0.05, 0.1) is 12.7 Å². The molecule has 3 aromatic carbocycles. The van der Waals surface area contributed by atoms with E-state index in [2.05, 4.69) is 4.74 Å². The number of rotatable bonds is 9. The third kappa shape index (κ3) is 6.31. The molecule has 0 N–H and O–H groups in total. The van der Waals surface area contributed by atoms with Crippen LogP contribution < -0.4 is 9.47 Å². The van der Waals surface area contributed by atoms with Crippen molar-refractivity contribution in [2.75, 3.05) is 13.7 Å². The number of hydrogen-bond donors (Lipinski definition) is 0. The van der Waals surface area contributed by atoms with Gasteiger partial charge in [-0.25, -0.2) is 4.79 Å². The molecule has 0 atom stereocenters. The lowest BCUT2D eigenvalue weighted by Gasteiger charge is -2.15. The molecule has 0 amide bonds. The van der Waals surface area contributed by atoms with E-state index in [4.69, 9.17) is 9.47 Å². The number of carbonyl (C=O) groups is 1. The molecule has 0 heterocycles. The van der Waals surface area contributed by atoms with Crippen LogP contribution in [-0.2, 0) is 40.9 Å². The first kappa shape index (κ1) is 25.0. The highest BCUT2D eigenvalue weighted by molar-refractivity contribution is 7.98. The first-order valence-electron chi connectivity index (χ1n) is 11.2. The minimum atomic E-state index is -4.35. The monoisotopic (exact) mass is 502 g/mol. The Balaban J connectivity index is 1.41. The van der Waals surface area contributed by atoms with Gasteiger partial charge in [0.25, 0.3) is 0 Å². The summed E-state index contributed by atoms with van der Waals surface area (Å²) in [5, 5.41) is 0. The van der Waals surface area contributed by atoms with Crippen molar-refractivity contribution in [3.8, 4) is 11.5 Å². The van der Waals surface area contributed by atoms with Gasteiger partial charge in [-0.1, -0.05) is 30.3 Å². The number of carbonyl (C=O) groups excluding carboxylic acids is 1. The molecule has 184 valence electrons. The van der Waals surface area contributed by atoms with E-state index in [9.17, 15) is 18.0 Å². The van der Waals surface area contributed by atoms with Gasteiger partial charge in [0.15, 0.2) is 6.61 Å². The number of para-hydroxylation sites is 1. The van der Waals surface area contributed by atoms with Crippen molar-refractivity contribution < 1.29 is 32.2 Å². The van der Waals surface area contributed by atoms with Gasteiger partial charge in [0.1, 0.15) is 18.1 Å². The molecule has 8 heteroatoms. The smallest absolute Gasteiger partial charge is 0.416 e. The topological polar surface area (TPSA) is 44.8 Å². The van der Waals surface area contributed by atoms with Gasteiger partial charge in [-0.3, -0.25) is 0 Å². The van der Waals surface area contributed by atoms with Gasteiger partial charge in [-0.15, -0.1) is 11.8 Å². The third-order valence-corrected chi connectivity index (χ3v) is 6.92. The van der Waals surface area contributed by atoms with Crippen molar-refractivity contribution in [3.05, 3.63) is 88.5 Å². The molecule has 35 heavy (non-hydrogen) atoms. The number of fused-ring (bicyclic) bond motifs is 1. The highest BCUT2D eigenvalue weighted by atomic mass is 32.2. The Kier molecular flexibility index (Phi) is 7.90. The van der Waals surface area contributed by atoms with Gasteiger partial charge in [-0.2, -0.15) is 13.2 Å². The maximum Gasteiger partial charge on any atom is 0.416 e. The number of ether oxygens (including phenoxy) is 3. The van der Waals surface area contributed by atoms with E-state index in [1.807, 2.05) is 36.4 Å². The molecule has 0 bridgehead atoms. The molecule has 0 unspecified atom stereocenters. The Morgan fingerprint density at radius 1 is 0.914 bits per heavy atom. The fraction of sp³-hybridized carbons (Fsp3) is 0.296. The molecule has 0 spiro atoms. The molecular formula is C27H25F3O4S. The summed E-state index contributed by atoms with van der Waals surface area (Å²) in [4.78, 5) is 12.4. The summed E-state index contributed by atoms with van der Waals surface area (Å²) in [6, 6.07) is 16.6. The second-order valence-corrected chi connectivity index (χ2v) is 9.13. The van der Waals surface area contributed by atoms with Crippen molar-refractivity contribution in [2.45, 2.75) is 42.7 Å². The molecule has 0 saturated carbocycles. The average molecular weight is 503 g/mol. The van der Waals surface area contributed by atoms with Crippen LogP contribution in [0.3, 0.4) is 0 Å². The van der Waals surface area contributed by atoms with Gasteiger partial charge in [0, 0.05) is 10.6 Å². The average Bonchev–Trinajstić information content (AvgIpc) is 3.36. The summed E-state index contributed by atoms with van der Waals surface area (Å²) in [5.74, 6) is 1.74. The van der Waals surface area contributed by atoms with Crippen molar-refractivity contribution >= 4 is 17.7 Å². The van der Waals surface area contributed by atoms with Crippen molar-refractivity contribution in [3.63, 3.8) is 0 Å². The number of thioether (sulfide) groups is 1. The largest absolute Gasteiger partial charge is 0.488 e. The van der Waals surface area contributed by atoms with Crippen molar-refractivity contribution in [2.24, 2.45) is 0 Å². The lowest BCUT2D eigenvalue weighted by molar-refractivity contribution is -0.143. The van der Waals surface area contributed by atoms with Crippen LogP contribution in [0, 0.1) is 0 Å². The predicted molar refractivity (Wildman–Crippen MR) is 128 cm³/mol. The van der Waals surface area contributed by atoms with Crippen molar-refractivity contribution in [1.82, 2.24) is 0 Å². The summed E-state index contributed by atoms with van der Waals surface area (Å²) in [7, 11) is 1.33. The number of methoxy groups -OCH3 is 1. The van der Waals surface area contributed by atoms with E-state index in [0.29, 0.717) is 11.3 Å². The van der Waals surface area contributed by atoms with E-state index in [-0.39, 0.29) is 13.2 Å². The van der Waals surface area contributed by atoms with E-state index >= 15 is 0 Å². The van der Waals surface area contributed by atoms with Crippen LogP contribution in [0.15, 0.2) is 65.6 Å². The molecule has 0 aliphatic heterocycles. The molecule has 0 radical (unpaired) electrons. The molecule has 3 aromatic rings. The van der Waals surface area contributed by atoms with E-state index in [1.54, 1.807) is 11.8 Å². The standard InChI is InChI=1S/C27H25F3O4S/c1-32-26(31)16-34-23-14-11-19(21-5-4-6-22(21)23)17-35-25-8-3-2-7-24(25)33-15-18-9-12-20(13-10-18)27(28,29)30/h2-3,7-14H,4-6,15-17H2,1H3. The number of hydrogen-bond acceptors (Lipinski definition) is 5. The molecule has 0 aromatic heterocycles. The Hall–Kier alpha value is -3.13. The zero-order valence-electron chi connectivity index (χ0n) is 19.2. The second-order valence-electron chi connectivity index (χ2n) is 8.12. The highest BCUT2D eigenvalue weighted by Crippen LogP contribution is 2.38. The summed E-state index contributed by atoms with van der Waals surface area (Å²) < 4.78 is 54.6. The maximum atomic E-state index is 12.8. The van der Waals surface area contributed by atoms with Crippen LogP contribution in [-0.4, -0.2) is 19.7 Å². The molecule has 4 rings (SSSR count). The highest BCUT2D eigenvalue weighted by Gasteiger charge is 2.30. The van der Waals surface area contributed by atoms with E-state index in [1.165, 1.54) is 30.4 Å². The Labute approximate surface area is 206 Å². The normalized spacial score (nSPS) is 12.8. The fourth-order valence-electron chi connectivity index (χ4n) is 4.01. The number of benzene rings is 3. The molecule has 1 aliphatic carbocycles. The van der Waals surface area contributed by atoms with Gasteiger partial charge in [0.2, 0.25) is 0 Å². The first-order valence-corrected chi connectivity index (χ1v) is 12.2. The SMILES string of the molecule is COC(=O)COc1ccc(CSc2ccccc2OCc2ccc(C(F)(F)F)cc2)c2c1CCC2. The Morgan fingerprint density at radius 3 is 2.40 bits per heavy atom. The van der Waals surface area contributed by atoms with Crippen LogP contribution >= 0.6 is 11.8 Å². The first-order chi connectivity index (χ1) is 16.8. The third-order valence-electron chi connectivity index (χ3n) is 5.82. The fourth-order valence-corrected chi connectivity index (χ4v) is 5.03. The van der Waals surface area contributed by atoms with Gasteiger partial charge < -0.3 is 14.2 Å². The lowest BCUT2D eigenvalue weighted by atomic mass is 10.0. The Bertz CT molecular complexity index is 1180. The summed E-state index contributed by atoms with van der Waals surface area (Å²) in [6.45, 7) is 0.0675. The van der Waals surface area contributed by atoms with Crippen molar-refractivity contribution in [1.29, 1.82) is 0 Å². The molecule has 4 nitrogen and oxygen atoms in total. The van der Waals surface area contributed by atoms with Crippen LogP contribution in [0.1, 0.15) is 34.2 Å². The summed E-state index contributed by atoms with van der Waals surface area (Å²) in [5.41, 5.74) is 3.62. The van der Waals surface area contributed by atoms with E-state index < -0.39 is 17.7 Å². The lowest BCUT2D eigenvalue weighted by Crippen LogP contribution is -2.13. The summed E-state index contributed by atoms with van der Waals surface area (Å²) >= 11 is 1.65. The molecule has 0 saturated heterocycles. The predicted octanol–water partition coefficient (Wildman–Crippen LogP) is 6.62. The molecule has 0 fully saturated rings. The van der Waals surface area contributed by atoms with Crippen LogP contribution in [0.4, 0.5) is 13.2 Å². The van der Waals surface area contributed by atoms with Crippen LogP contribution in [0.2, 0.25) is 0 Å². The van der Waals surface area contributed by atoms with E-state index in [0.717, 1.165) is 53.4 Å².